The predicted octanol–water partition coefficient (Wildman–Crippen LogP) is 2.51. The van der Waals surface area contributed by atoms with Crippen LogP contribution >= 0.6 is 0 Å². The van der Waals surface area contributed by atoms with Crippen LogP contribution in [0.15, 0.2) is 29.1 Å². The van der Waals surface area contributed by atoms with E-state index >= 15 is 0 Å². The molecule has 0 aliphatic heterocycles. The summed E-state index contributed by atoms with van der Waals surface area (Å²) in [6.45, 7) is 4.23. The normalized spacial score (nSPS) is 10.8. The fraction of sp³-hybridized carbons (Fsp3) is 0.471. The van der Waals surface area contributed by atoms with Crippen molar-refractivity contribution in [1.82, 2.24) is 15.2 Å². The number of nitrogens with zero attached hydrogens (tertiary/aromatic N) is 2. The summed E-state index contributed by atoms with van der Waals surface area (Å²) in [6, 6.07) is 5.97. The Morgan fingerprint density at radius 3 is 2.62 bits per heavy atom. The van der Waals surface area contributed by atoms with Crippen LogP contribution < -0.4 is 10.9 Å². The third-order valence-corrected chi connectivity index (χ3v) is 3.45. The molecule has 0 saturated carbocycles. The molecule has 2 rings (SSSR count). The van der Waals surface area contributed by atoms with Crippen molar-refractivity contribution < 1.29 is 9.13 Å². The quantitative estimate of drug-likeness (QED) is 0.653. The second kappa shape index (κ2) is 9.77. The number of hydrogen-bond donors (Lipinski definition) is 2. The van der Waals surface area contributed by atoms with E-state index in [-0.39, 0.29) is 11.4 Å². The highest BCUT2D eigenvalue weighted by molar-refractivity contribution is 5.24. The van der Waals surface area contributed by atoms with E-state index < -0.39 is 0 Å². The maximum atomic E-state index is 12.9. The van der Waals surface area contributed by atoms with E-state index in [9.17, 15) is 9.18 Å². The van der Waals surface area contributed by atoms with Gasteiger partial charge in [-0.2, -0.15) is 0 Å². The molecule has 0 aliphatic carbocycles. The molecule has 0 bridgehead atoms. The van der Waals surface area contributed by atoms with Crippen LogP contribution in [0.2, 0.25) is 0 Å². The van der Waals surface area contributed by atoms with Gasteiger partial charge in [-0.3, -0.25) is 9.78 Å². The van der Waals surface area contributed by atoms with E-state index in [1.54, 1.807) is 12.1 Å². The van der Waals surface area contributed by atoms with Gasteiger partial charge >= 0.3 is 0 Å². The highest BCUT2D eigenvalue weighted by atomic mass is 19.1. The van der Waals surface area contributed by atoms with Crippen molar-refractivity contribution in [2.24, 2.45) is 0 Å². The average Bonchev–Trinajstić information content (AvgIpc) is 2.58. The molecule has 1 aromatic heterocycles. The molecule has 7 heteroatoms. The number of hydrogen-bond acceptors (Lipinski definition) is 5. The van der Waals surface area contributed by atoms with Gasteiger partial charge in [-0.15, -0.1) is 10.2 Å². The summed E-state index contributed by atoms with van der Waals surface area (Å²) in [5, 5.41) is 10.9. The molecular weight excluding hydrogens is 311 g/mol. The Hall–Kier alpha value is -2.28. The number of unbranched alkanes of at least 4 members (excludes halogenated alkanes) is 1. The second-order valence-electron chi connectivity index (χ2n) is 5.50. The highest BCUT2D eigenvalue weighted by Crippen LogP contribution is 2.06. The van der Waals surface area contributed by atoms with Crippen LogP contribution in [0.4, 0.5) is 10.3 Å². The Bertz CT molecular complexity index is 673. The lowest BCUT2D eigenvalue weighted by atomic mass is 10.1. The van der Waals surface area contributed by atoms with Gasteiger partial charge in [-0.1, -0.05) is 25.5 Å². The molecule has 6 nitrogen and oxygen atoms in total. The summed E-state index contributed by atoms with van der Waals surface area (Å²) in [5.74, 6) is 0.0355. The Morgan fingerprint density at radius 2 is 1.92 bits per heavy atom. The fourth-order valence-electron chi connectivity index (χ4n) is 2.08. The van der Waals surface area contributed by atoms with E-state index in [0.29, 0.717) is 31.2 Å². The molecule has 0 aliphatic rings. The zero-order valence-electron chi connectivity index (χ0n) is 13.8. The molecule has 0 atom stereocenters. The van der Waals surface area contributed by atoms with Gasteiger partial charge in [-0.05, 0) is 30.5 Å². The van der Waals surface area contributed by atoms with Gasteiger partial charge in [0.1, 0.15) is 11.5 Å². The van der Waals surface area contributed by atoms with E-state index in [1.807, 2.05) is 0 Å². The third kappa shape index (κ3) is 6.08. The second-order valence-corrected chi connectivity index (χ2v) is 5.50. The van der Waals surface area contributed by atoms with Crippen LogP contribution in [-0.2, 0) is 11.2 Å². The number of aromatic nitrogens is 3. The molecule has 0 spiro atoms. The molecule has 0 saturated heterocycles. The lowest BCUT2D eigenvalue weighted by molar-refractivity contribution is 0.131. The smallest absolute Gasteiger partial charge is 0.274 e. The molecule has 24 heavy (non-hydrogen) atoms. The van der Waals surface area contributed by atoms with Crippen LogP contribution in [0, 0.1) is 5.82 Å². The first-order valence-electron chi connectivity index (χ1n) is 8.21. The third-order valence-electron chi connectivity index (χ3n) is 3.45. The van der Waals surface area contributed by atoms with E-state index in [2.05, 4.69) is 27.4 Å². The van der Waals surface area contributed by atoms with Crippen molar-refractivity contribution in [1.29, 1.82) is 0 Å². The van der Waals surface area contributed by atoms with E-state index in [4.69, 9.17) is 4.74 Å². The maximum Gasteiger partial charge on any atom is 0.274 e. The van der Waals surface area contributed by atoms with Crippen molar-refractivity contribution >= 4 is 5.95 Å². The minimum absolute atomic E-state index is 0.295. The molecule has 2 aromatic rings. The monoisotopic (exact) mass is 334 g/mol. The Balaban J connectivity index is 1.79. The number of aromatic amines is 1. The molecule has 1 aromatic carbocycles. The predicted molar refractivity (Wildman–Crippen MR) is 90.7 cm³/mol. The number of benzene rings is 1. The molecule has 0 fully saturated rings. The van der Waals surface area contributed by atoms with Gasteiger partial charge in [0.15, 0.2) is 0 Å². The van der Waals surface area contributed by atoms with Crippen LogP contribution in [0.1, 0.15) is 37.4 Å². The van der Waals surface area contributed by atoms with Gasteiger partial charge in [0.2, 0.25) is 5.95 Å². The van der Waals surface area contributed by atoms with E-state index in [0.717, 1.165) is 31.4 Å². The van der Waals surface area contributed by atoms with Crippen molar-refractivity contribution in [2.45, 2.75) is 32.6 Å². The van der Waals surface area contributed by atoms with Gasteiger partial charge < -0.3 is 10.1 Å². The number of rotatable bonds is 10. The number of ether oxygens (including phenoxy) is 1. The van der Waals surface area contributed by atoms with Crippen LogP contribution in [-0.4, -0.2) is 34.9 Å². The minimum atomic E-state index is -0.308. The Morgan fingerprint density at radius 1 is 1.17 bits per heavy atom. The molecule has 0 radical (unpaired) electrons. The largest absolute Gasteiger partial charge is 0.381 e. The van der Waals surface area contributed by atoms with Crippen molar-refractivity contribution in [2.75, 3.05) is 25.1 Å². The molecule has 130 valence electrons. The maximum absolute atomic E-state index is 12.9. The standard InChI is InChI=1S/C17H23FN4O2/c1-2-3-10-24-11-4-9-19-17-20-16(23)15(21-22-17)12-13-5-7-14(18)8-6-13/h5-8H,2-4,9-12H2,1H3,(H2,19,20,22,23). The van der Waals surface area contributed by atoms with Crippen molar-refractivity contribution in [3.63, 3.8) is 0 Å². The number of halogens is 1. The topological polar surface area (TPSA) is 79.9 Å². The van der Waals surface area contributed by atoms with Gasteiger partial charge in [0, 0.05) is 26.2 Å². The minimum Gasteiger partial charge on any atom is -0.381 e. The van der Waals surface area contributed by atoms with Gasteiger partial charge in [0.25, 0.3) is 5.56 Å². The molecule has 1 heterocycles. The lowest BCUT2D eigenvalue weighted by Crippen LogP contribution is -2.20. The Kier molecular flexibility index (Phi) is 7.35. The first-order valence-corrected chi connectivity index (χ1v) is 8.21. The number of anilines is 1. The SMILES string of the molecule is CCCCOCCCNc1nnc(Cc2ccc(F)cc2)c(=O)[nH]1. The molecule has 0 amide bonds. The van der Waals surface area contributed by atoms with Gasteiger partial charge in [-0.25, -0.2) is 4.39 Å². The summed E-state index contributed by atoms with van der Waals surface area (Å²) in [6.07, 6.45) is 3.33. The number of nitrogens with one attached hydrogen (secondary N) is 2. The molecular formula is C17H23FN4O2. The van der Waals surface area contributed by atoms with Crippen molar-refractivity contribution in [3.8, 4) is 0 Å². The zero-order chi connectivity index (χ0) is 17.2. The number of H-pyrrole nitrogens is 1. The summed E-state index contributed by atoms with van der Waals surface area (Å²) in [4.78, 5) is 14.7. The van der Waals surface area contributed by atoms with Crippen LogP contribution in [0.25, 0.3) is 0 Å². The van der Waals surface area contributed by atoms with E-state index in [1.165, 1.54) is 12.1 Å². The fourth-order valence-corrected chi connectivity index (χ4v) is 2.08. The first-order chi connectivity index (χ1) is 11.7. The average molecular weight is 334 g/mol. The van der Waals surface area contributed by atoms with Gasteiger partial charge in [0.05, 0.1) is 0 Å². The molecule has 0 unspecified atom stereocenters. The molecule has 2 N–H and O–H groups in total. The Labute approximate surface area is 140 Å². The summed E-state index contributed by atoms with van der Waals surface area (Å²) in [7, 11) is 0. The highest BCUT2D eigenvalue weighted by Gasteiger charge is 2.06. The first kappa shape index (κ1) is 18.1. The van der Waals surface area contributed by atoms with Crippen molar-refractivity contribution in [3.05, 3.63) is 51.7 Å². The summed E-state index contributed by atoms with van der Waals surface area (Å²) in [5.41, 5.74) is 0.812. The van der Waals surface area contributed by atoms with Crippen LogP contribution in [0.5, 0.6) is 0 Å². The van der Waals surface area contributed by atoms with Crippen LogP contribution in [0.3, 0.4) is 0 Å². The lowest BCUT2D eigenvalue weighted by Gasteiger charge is -2.06. The zero-order valence-corrected chi connectivity index (χ0v) is 13.8. The summed E-state index contributed by atoms with van der Waals surface area (Å²) >= 11 is 0. The summed E-state index contributed by atoms with van der Waals surface area (Å²) < 4.78 is 18.3.